The average Bonchev–Trinajstić information content (AvgIpc) is 3.07. The topological polar surface area (TPSA) is 66.6 Å². The zero-order valence-electron chi connectivity index (χ0n) is 14.8. The minimum absolute atomic E-state index is 0.545. The van der Waals surface area contributed by atoms with E-state index in [1.54, 1.807) is 0 Å². The van der Waals surface area contributed by atoms with Crippen molar-refractivity contribution in [3.63, 3.8) is 0 Å². The van der Waals surface area contributed by atoms with Crippen molar-refractivity contribution in [2.24, 2.45) is 4.99 Å². The number of nitrogens with one attached hydrogen (secondary N) is 2. The molecule has 0 fully saturated rings. The summed E-state index contributed by atoms with van der Waals surface area (Å²) in [5.41, 5.74) is 1.89. The van der Waals surface area contributed by atoms with Gasteiger partial charge < -0.3 is 10.6 Å². The Hall–Kier alpha value is -2.60. The van der Waals surface area contributed by atoms with Crippen molar-refractivity contribution in [2.45, 2.75) is 26.3 Å². The van der Waals surface area contributed by atoms with Crippen LogP contribution in [0.3, 0.4) is 0 Å². The first-order valence-corrected chi connectivity index (χ1v) is 9.20. The molecule has 0 bridgehead atoms. The number of pyridine rings is 1. The van der Waals surface area contributed by atoms with Gasteiger partial charge in [-0.2, -0.15) is 0 Å². The van der Waals surface area contributed by atoms with Crippen molar-refractivity contribution in [3.05, 3.63) is 65.1 Å². The van der Waals surface area contributed by atoms with Crippen LogP contribution in [-0.4, -0.2) is 33.6 Å². The van der Waals surface area contributed by atoms with Gasteiger partial charge in [0.15, 0.2) is 11.6 Å². The van der Waals surface area contributed by atoms with Crippen LogP contribution in [0.2, 0.25) is 5.02 Å². The summed E-state index contributed by atoms with van der Waals surface area (Å²) in [6.45, 7) is 4.21. The van der Waals surface area contributed by atoms with E-state index in [0.717, 1.165) is 53.9 Å². The SMILES string of the molecule is CCNC(=NCc1ccccc1Cl)NCCCc1nnc2ccccn12. The van der Waals surface area contributed by atoms with Crippen LogP contribution >= 0.6 is 11.6 Å². The first kappa shape index (κ1) is 18.2. The molecule has 136 valence electrons. The van der Waals surface area contributed by atoms with Gasteiger partial charge in [0, 0.05) is 30.7 Å². The number of fused-ring (bicyclic) bond motifs is 1. The highest BCUT2D eigenvalue weighted by Gasteiger charge is 2.05. The third-order valence-electron chi connectivity index (χ3n) is 3.96. The first-order valence-electron chi connectivity index (χ1n) is 8.82. The molecule has 0 aliphatic carbocycles. The van der Waals surface area contributed by atoms with E-state index in [0.29, 0.717) is 6.54 Å². The Morgan fingerprint density at radius 2 is 1.96 bits per heavy atom. The molecule has 0 aliphatic rings. The second kappa shape index (κ2) is 9.20. The van der Waals surface area contributed by atoms with Crippen LogP contribution in [0.15, 0.2) is 53.7 Å². The number of aryl methyl sites for hydroxylation is 1. The van der Waals surface area contributed by atoms with Crippen molar-refractivity contribution in [1.82, 2.24) is 25.2 Å². The molecule has 2 N–H and O–H groups in total. The molecular weight excluding hydrogens is 348 g/mol. The number of benzene rings is 1. The van der Waals surface area contributed by atoms with Gasteiger partial charge in [0.05, 0.1) is 6.54 Å². The fourth-order valence-corrected chi connectivity index (χ4v) is 2.84. The number of rotatable bonds is 7. The van der Waals surface area contributed by atoms with E-state index >= 15 is 0 Å². The van der Waals surface area contributed by atoms with Crippen molar-refractivity contribution < 1.29 is 0 Å². The van der Waals surface area contributed by atoms with E-state index in [2.05, 4.69) is 32.7 Å². The average molecular weight is 371 g/mol. The number of guanidine groups is 1. The number of aliphatic imine (C=N–C) groups is 1. The van der Waals surface area contributed by atoms with Crippen molar-refractivity contribution in [1.29, 1.82) is 0 Å². The Morgan fingerprint density at radius 1 is 1.12 bits per heavy atom. The fraction of sp³-hybridized carbons (Fsp3) is 0.316. The van der Waals surface area contributed by atoms with Gasteiger partial charge in [-0.05, 0) is 37.1 Å². The lowest BCUT2D eigenvalue weighted by Crippen LogP contribution is -2.37. The van der Waals surface area contributed by atoms with E-state index in [1.165, 1.54) is 0 Å². The Morgan fingerprint density at radius 3 is 2.81 bits per heavy atom. The van der Waals surface area contributed by atoms with Crippen LogP contribution in [0.4, 0.5) is 0 Å². The second-order valence-electron chi connectivity index (χ2n) is 5.86. The van der Waals surface area contributed by atoms with Crippen LogP contribution < -0.4 is 10.6 Å². The van der Waals surface area contributed by atoms with Gasteiger partial charge in [0.1, 0.15) is 5.82 Å². The molecule has 0 atom stereocenters. The maximum Gasteiger partial charge on any atom is 0.191 e. The Kier molecular flexibility index (Phi) is 6.44. The molecule has 0 aliphatic heterocycles. The minimum atomic E-state index is 0.545. The largest absolute Gasteiger partial charge is 0.357 e. The zero-order valence-corrected chi connectivity index (χ0v) is 15.6. The molecular formula is C19H23ClN6. The molecule has 1 aromatic carbocycles. The highest BCUT2D eigenvalue weighted by atomic mass is 35.5. The molecule has 3 aromatic rings. The van der Waals surface area contributed by atoms with E-state index in [1.807, 2.05) is 53.1 Å². The lowest BCUT2D eigenvalue weighted by atomic mass is 10.2. The van der Waals surface area contributed by atoms with Crippen LogP contribution in [-0.2, 0) is 13.0 Å². The number of halogens is 1. The molecule has 3 rings (SSSR count). The van der Waals surface area contributed by atoms with Crippen molar-refractivity contribution in [2.75, 3.05) is 13.1 Å². The third-order valence-corrected chi connectivity index (χ3v) is 4.33. The zero-order chi connectivity index (χ0) is 18.2. The summed E-state index contributed by atoms with van der Waals surface area (Å²) in [6, 6.07) is 13.7. The molecule has 0 unspecified atom stereocenters. The number of nitrogens with zero attached hydrogens (tertiary/aromatic N) is 4. The normalized spacial score (nSPS) is 11.7. The third kappa shape index (κ3) is 4.73. The lowest BCUT2D eigenvalue weighted by molar-refractivity contribution is 0.715. The van der Waals surface area contributed by atoms with E-state index in [4.69, 9.17) is 11.6 Å². The van der Waals surface area contributed by atoms with Gasteiger partial charge in [0.2, 0.25) is 0 Å². The molecule has 0 saturated carbocycles. The molecule has 0 amide bonds. The van der Waals surface area contributed by atoms with Gasteiger partial charge >= 0.3 is 0 Å². The Balaban J connectivity index is 1.52. The lowest BCUT2D eigenvalue weighted by Gasteiger charge is -2.11. The molecule has 0 radical (unpaired) electrons. The predicted molar refractivity (Wildman–Crippen MR) is 106 cm³/mol. The summed E-state index contributed by atoms with van der Waals surface area (Å²) in [4.78, 5) is 4.61. The first-order chi connectivity index (χ1) is 12.8. The summed E-state index contributed by atoms with van der Waals surface area (Å²) in [5.74, 6) is 1.76. The van der Waals surface area contributed by atoms with Crippen molar-refractivity contribution in [3.8, 4) is 0 Å². The Bertz CT molecular complexity index is 873. The number of aromatic nitrogens is 3. The number of hydrogen-bond acceptors (Lipinski definition) is 3. The number of hydrogen-bond donors (Lipinski definition) is 2. The monoisotopic (exact) mass is 370 g/mol. The molecule has 2 heterocycles. The summed E-state index contributed by atoms with van der Waals surface area (Å²) < 4.78 is 2.02. The molecule has 7 heteroatoms. The highest BCUT2D eigenvalue weighted by Crippen LogP contribution is 2.15. The minimum Gasteiger partial charge on any atom is -0.357 e. The quantitative estimate of drug-likeness (QED) is 0.381. The summed E-state index contributed by atoms with van der Waals surface area (Å²) >= 11 is 6.19. The smallest absolute Gasteiger partial charge is 0.191 e. The maximum absolute atomic E-state index is 6.19. The summed E-state index contributed by atoms with van der Waals surface area (Å²) in [7, 11) is 0. The highest BCUT2D eigenvalue weighted by molar-refractivity contribution is 6.31. The second-order valence-corrected chi connectivity index (χ2v) is 6.27. The molecule has 0 spiro atoms. The summed E-state index contributed by atoms with van der Waals surface area (Å²) in [6.07, 6.45) is 3.78. The van der Waals surface area contributed by atoms with Crippen LogP contribution in [0, 0.1) is 0 Å². The van der Waals surface area contributed by atoms with Gasteiger partial charge in [-0.3, -0.25) is 4.40 Å². The predicted octanol–water partition coefficient (Wildman–Crippen LogP) is 3.07. The molecule has 6 nitrogen and oxygen atoms in total. The molecule has 0 saturated heterocycles. The maximum atomic E-state index is 6.19. The Labute approximate surface area is 158 Å². The molecule has 2 aromatic heterocycles. The van der Waals surface area contributed by atoms with Gasteiger partial charge in [-0.25, -0.2) is 4.99 Å². The van der Waals surface area contributed by atoms with Crippen molar-refractivity contribution >= 4 is 23.2 Å². The molecule has 26 heavy (non-hydrogen) atoms. The standard InChI is InChI=1S/C19H23ClN6/c1-2-21-19(23-14-15-8-3-4-9-16(15)20)22-12-7-11-18-25-24-17-10-5-6-13-26(17)18/h3-6,8-10,13H,2,7,11-12,14H2,1H3,(H2,21,22,23). The van der Waals surface area contributed by atoms with E-state index in [9.17, 15) is 0 Å². The van der Waals surface area contributed by atoms with Gasteiger partial charge in [-0.15, -0.1) is 10.2 Å². The van der Waals surface area contributed by atoms with E-state index in [-0.39, 0.29) is 0 Å². The van der Waals surface area contributed by atoms with Crippen LogP contribution in [0.25, 0.3) is 5.65 Å². The van der Waals surface area contributed by atoms with Crippen LogP contribution in [0.5, 0.6) is 0 Å². The summed E-state index contributed by atoms with van der Waals surface area (Å²) in [5, 5.41) is 15.8. The van der Waals surface area contributed by atoms with Gasteiger partial charge in [-0.1, -0.05) is 35.9 Å². The fourth-order valence-electron chi connectivity index (χ4n) is 2.65. The van der Waals surface area contributed by atoms with Gasteiger partial charge in [0.25, 0.3) is 0 Å². The van der Waals surface area contributed by atoms with Crippen LogP contribution in [0.1, 0.15) is 24.7 Å². The van der Waals surface area contributed by atoms with E-state index < -0.39 is 0 Å².